The Hall–Kier alpha value is -2.19. The monoisotopic (exact) mass is 396 g/mol. The molecule has 27 heavy (non-hydrogen) atoms. The second-order valence-electron chi connectivity index (χ2n) is 6.60. The lowest BCUT2D eigenvalue weighted by Crippen LogP contribution is -2.57. The maximum Gasteiger partial charge on any atom is 0.410 e. The normalized spacial score (nSPS) is 19.8. The van der Waals surface area contributed by atoms with E-state index in [1.807, 2.05) is 30.7 Å². The minimum Gasteiger partial charge on any atom is -0.489 e. The van der Waals surface area contributed by atoms with Crippen molar-refractivity contribution in [3.63, 3.8) is 0 Å². The largest absolute Gasteiger partial charge is 0.489 e. The number of hydrogen-bond acceptors (Lipinski definition) is 5. The Kier molecular flexibility index (Phi) is 6.28. The van der Waals surface area contributed by atoms with Gasteiger partial charge in [0, 0.05) is 37.3 Å². The van der Waals surface area contributed by atoms with E-state index in [9.17, 15) is 13.6 Å². The van der Waals surface area contributed by atoms with Gasteiger partial charge in [-0.1, -0.05) is 0 Å². The summed E-state index contributed by atoms with van der Waals surface area (Å²) in [4.78, 5) is 13.9. The maximum atomic E-state index is 14.3. The fraction of sp³-hybridized carbons (Fsp3) is 0.421. The Morgan fingerprint density at radius 3 is 2.48 bits per heavy atom. The summed E-state index contributed by atoms with van der Waals surface area (Å²) in [5.41, 5.74) is 0.639. The average molecular weight is 396 g/mol. The van der Waals surface area contributed by atoms with Crippen molar-refractivity contribution in [2.45, 2.75) is 39.1 Å². The number of nitrogens with zero attached hydrogens (tertiary/aromatic N) is 1. The van der Waals surface area contributed by atoms with Crippen molar-refractivity contribution in [2.24, 2.45) is 0 Å². The van der Waals surface area contributed by atoms with Gasteiger partial charge in [-0.05, 0) is 36.2 Å². The zero-order chi connectivity index (χ0) is 19.4. The zero-order valence-corrected chi connectivity index (χ0v) is 16.0. The highest BCUT2D eigenvalue weighted by Crippen LogP contribution is 2.23. The van der Waals surface area contributed by atoms with E-state index in [0.29, 0.717) is 13.1 Å². The maximum absolute atomic E-state index is 14.3. The number of benzene rings is 1. The number of nitrogens with one attached hydrogen (secondary N) is 1. The van der Waals surface area contributed by atoms with Gasteiger partial charge in [0.05, 0.1) is 5.56 Å². The van der Waals surface area contributed by atoms with Crippen LogP contribution in [0.5, 0.6) is 5.75 Å². The zero-order valence-electron chi connectivity index (χ0n) is 15.2. The summed E-state index contributed by atoms with van der Waals surface area (Å²) >= 11 is 1.52. The molecule has 8 heteroatoms. The van der Waals surface area contributed by atoms with Crippen LogP contribution in [-0.2, 0) is 18.0 Å². The molecule has 2 atom stereocenters. The van der Waals surface area contributed by atoms with E-state index in [1.165, 1.54) is 11.3 Å². The van der Waals surface area contributed by atoms with Crippen LogP contribution in [0.15, 0.2) is 29.0 Å². The predicted molar refractivity (Wildman–Crippen MR) is 98.8 cm³/mol. The van der Waals surface area contributed by atoms with Crippen LogP contribution in [0.3, 0.4) is 0 Å². The van der Waals surface area contributed by atoms with Crippen molar-refractivity contribution in [3.8, 4) is 5.75 Å². The second kappa shape index (κ2) is 8.67. The Morgan fingerprint density at radius 2 is 1.89 bits per heavy atom. The molecule has 1 amide bonds. The lowest BCUT2D eigenvalue weighted by atomic mass is 10.1. The highest BCUT2D eigenvalue weighted by atomic mass is 32.1. The van der Waals surface area contributed by atoms with E-state index < -0.39 is 24.3 Å². The minimum atomic E-state index is -0.801. The molecule has 1 aromatic heterocycles. The molecule has 146 valence electrons. The molecule has 2 aromatic rings. The molecular formula is C19H22F2N2O3S. The van der Waals surface area contributed by atoms with Crippen molar-refractivity contribution < 1.29 is 23.0 Å². The molecule has 2 heterocycles. The fourth-order valence-corrected chi connectivity index (χ4v) is 3.70. The molecule has 1 N–H and O–H groups in total. The molecule has 1 aliphatic heterocycles. The quantitative estimate of drug-likeness (QED) is 0.832. The second-order valence-corrected chi connectivity index (χ2v) is 7.38. The van der Waals surface area contributed by atoms with Gasteiger partial charge in [0.1, 0.15) is 30.6 Å². The van der Waals surface area contributed by atoms with E-state index in [1.54, 1.807) is 4.90 Å². The smallest absolute Gasteiger partial charge is 0.410 e. The van der Waals surface area contributed by atoms with Crippen molar-refractivity contribution in [2.75, 3.05) is 13.1 Å². The Balaban J connectivity index is 1.62. The molecule has 2 unspecified atom stereocenters. The molecule has 1 fully saturated rings. The lowest BCUT2D eigenvalue weighted by molar-refractivity contribution is 0.0551. The van der Waals surface area contributed by atoms with Crippen LogP contribution < -0.4 is 10.1 Å². The molecule has 3 rings (SSSR count). The molecule has 0 aliphatic carbocycles. The number of piperazine rings is 1. The fourth-order valence-electron chi connectivity index (χ4n) is 3.04. The van der Waals surface area contributed by atoms with Gasteiger partial charge in [0.15, 0.2) is 0 Å². The molecule has 0 bridgehead atoms. The average Bonchev–Trinajstić information content (AvgIpc) is 3.12. The molecule has 0 spiro atoms. The molecular weight excluding hydrogens is 374 g/mol. The summed E-state index contributed by atoms with van der Waals surface area (Å²) in [6.45, 7) is 4.85. The van der Waals surface area contributed by atoms with Gasteiger partial charge < -0.3 is 19.7 Å². The predicted octanol–water partition coefficient (Wildman–Crippen LogP) is 3.92. The number of halogens is 2. The van der Waals surface area contributed by atoms with Crippen molar-refractivity contribution in [3.05, 3.63) is 51.7 Å². The summed E-state index contributed by atoms with van der Waals surface area (Å²) in [6.07, 6.45) is -0.576. The van der Waals surface area contributed by atoms with E-state index in [0.717, 1.165) is 17.7 Å². The summed E-state index contributed by atoms with van der Waals surface area (Å²) < 4.78 is 39.2. The van der Waals surface area contributed by atoms with E-state index in [-0.39, 0.29) is 30.0 Å². The Bertz CT molecular complexity index is 752. The lowest BCUT2D eigenvalue weighted by Gasteiger charge is -2.38. The van der Waals surface area contributed by atoms with E-state index >= 15 is 0 Å². The SMILES string of the molecule is CC1CNCC(C)N1C(=O)OCc1c(F)cc(OCc2ccsc2)cc1F. The van der Waals surface area contributed by atoms with E-state index in [4.69, 9.17) is 9.47 Å². The molecule has 5 nitrogen and oxygen atoms in total. The van der Waals surface area contributed by atoms with Crippen LogP contribution in [0.2, 0.25) is 0 Å². The van der Waals surface area contributed by atoms with Crippen LogP contribution >= 0.6 is 11.3 Å². The molecule has 1 aromatic carbocycles. The van der Waals surface area contributed by atoms with Crippen LogP contribution in [0, 0.1) is 11.6 Å². The molecule has 0 radical (unpaired) electrons. The first-order valence-electron chi connectivity index (χ1n) is 8.73. The highest BCUT2D eigenvalue weighted by Gasteiger charge is 2.30. The summed E-state index contributed by atoms with van der Waals surface area (Å²) in [5.74, 6) is -1.51. The van der Waals surface area contributed by atoms with Crippen molar-refractivity contribution in [1.29, 1.82) is 0 Å². The van der Waals surface area contributed by atoms with Gasteiger partial charge >= 0.3 is 6.09 Å². The van der Waals surface area contributed by atoms with Gasteiger partial charge in [-0.25, -0.2) is 13.6 Å². The Morgan fingerprint density at radius 1 is 1.22 bits per heavy atom. The summed E-state index contributed by atoms with van der Waals surface area (Å²) in [6, 6.07) is 3.99. The van der Waals surface area contributed by atoms with Gasteiger partial charge in [-0.15, -0.1) is 0 Å². The Labute approximate surface area is 160 Å². The van der Waals surface area contributed by atoms with Gasteiger partial charge in [0.2, 0.25) is 0 Å². The topological polar surface area (TPSA) is 50.8 Å². The molecule has 1 aliphatic rings. The number of amides is 1. The first kappa shape index (κ1) is 19.6. The third kappa shape index (κ3) is 4.75. The first-order valence-corrected chi connectivity index (χ1v) is 9.67. The van der Waals surface area contributed by atoms with Crippen molar-refractivity contribution in [1.82, 2.24) is 10.2 Å². The van der Waals surface area contributed by atoms with Crippen molar-refractivity contribution >= 4 is 17.4 Å². The molecule has 0 saturated carbocycles. The molecule has 1 saturated heterocycles. The number of hydrogen-bond donors (Lipinski definition) is 1. The first-order chi connectivity index (χ1) is 13.0. The number of carbonyl (C=O) groups excluding carboxylic acids is 1. The number of ether oxygens (including phenoxy) is 2. The third-order valence-electron chi connectivity index (χ3n) is 4.48. The number of rotatable bonds is 5. The van der Waals surface area contributed by atoms with Gasteiger partial charge in [-0.3, -0.25) is 0 Å². The van der Waals surface area contributed by atoms with Crippen LogP contribution in [0.4, 0.5) is 13.6 Å². The highest BCUT2D eigenvalue weighted by molar-refractivity contribution is 7.07. The number of thiophene rings is 1. The van der Waals surface area contributed by atoms with Crippen LogP contribution in [-0.4, -0.2) is 36.2 Å². The standard InChI is InChI=1S/C19H22F2N2O3S/c1-12-7-22-8-13(2)23(12)19(24)26-10-16-17(20)5-15(6-18(16)21)25-9-14-3-4-27-11-14/h3-6,11-13,22H,7-10H2,1-2H3. The minimum absolute atomic E-state index is 0.0520. The van der Waals surface area contributed by atoms with Gasteiger partial charge in [0.25, 0.3) is 0 Å². The summed E-state index contributed by atoms with van der Waals surface area (Å²) in [7, 11) is 0. The van der Waals surface area contributed by atoms with E-state index in [2.05, 4.69) is 5.32 Å². The van der Waals surface area contributed by atoms with Crippen LogP contribution in [0.1, 0.15) is 25.0 Å². The third-order valence-corrected chi connectivity index (χ3v) is 5.21. The van der Waals surface area contributed by atoms with Gasteiger partial charge in [-0.2, -0.15) is 11.3 Å². The number of carbonyl (C=O) groups is 1. The summed E-state index contributed by atoms with van der Waals surface area (Å²) in [5, 5.41) is 7.01. The van der Waals surface area contributed by atoms with Crippen LogP contribution in [0.25, 0.3) is 0 Å².